The Morgan fingerprint density at radius 1 is 1.52 bits per heavy atom. The van der Waals surface area contributed by atoms with E-state index in [9.17, 15) is 18.0 Å². The highest BCUT2D eigenvalue weighted by Crippen LogP contribution is 2.25. The van der Waals surface area contributed by atoms with Gasteiger partial charge in [-0.25, -0.2) is 13.4 Å². The van der Waals surface area contributed by atoms with E-state index in [0.29, 0.717) is 0 Å². The lowest BCUT2D eigenvalue weighted by Gasteiger charge is -2.32. The number of hydrazine groups is 1. The van der Waals surface area contributed by atoms with E-state index in [0.717, 1.165) is 4.31 Å². The van der Waals surface area contributed by atoms with Crippen molar-refractivity contribution in [2.75, 3.05) is 12.0 Å². The molecule has 114 valence electrons. The van der Waals surface area contributed by atoms with Crippen molar-refractivity contribution >= 4 is 27.5 Å². The molecule has 0 radical (unpaired) electrons. The molecule has 1 unspecified atom stereocenters. The summed E-state index contributed by atoms with van der Waals surface area (Å²) in [5.74, 6) is 3.96. The van der Waals surface area contributed by atoms with Crippen LogP contribution in [0, 0.1) is 0 Å². The van der Waals surface area contributed by atoms with Crippen molar-refractivity contribution in [2.24, 2.45) is 5.84 Å². The molecule has 0 bridgehead atoms. The first-order valence-electron chi connectivity index (χ1n) is 6.19. The number of hydrogen-bond donors (Lipinski definition) is 3. The molecule has 0 spiro atoms. The van der Waals surface area contributed by atoms with Crippen molar-refractivity contribution < 1.29 is 18.0 Å². The molecule has 1 aromatic heterocycles. The second-order valence-electron chi connectivity index (χ2n) is 4.39. The van der Waals surface area contributed by atoms with Crippen LogP contribution in [0.3, 0.4) is 0 Å². The van der Waals surface area contributed by atoms with Gasteiger partial charge in [-0.15, -0.1) is 0 Å². The average Bonchev–Trinajstić information content (AvgIpc) is 2.46. The minimum atomic E-state index is -4.13. The zero-order chi connectivity index (χ0) is 15.6. The fourth-order valence-corrected chi connectivity index (χ4v) is 3.79. The number of nitrogens with zero attached hydrogens (tertiary/aromatic N) is 2. The van der Waals surface area contributed by atoms with Gasteiger partial charge in [-0.05, 0) is 18.6 Å². The van der Waals surface area contributed by atoms with E-state index >= 15 is 0 Å². The molecule has 2 heterocycles. The van der Waals surface area contributed by atoms with E-state index in [4.69, 9.17) is 5.84 Å². The smallest absolute Gasteiger partial charge is 0.263 e. The Bertz CT molecular complexity index is 675. The third-order valence-corrected chi connectivity index (χ3v) is 4.89. The van der Waals surface area contributed by atoms with Gasteiger partial charge in [0.05, 0.1) is 12.2 Å². The number of imide groups is 1. The van der Waals surface area contributed by atoms with Gasteiger partial charge in [0.1, 0.15) is 6.04 Å². The Balaban J connectivity index is 2.51. The maximum Gasteiger partial charge on any atom is 0.263 e. The summed E-state index contributed by atoms with van der Waals surface area (Å²) in [5.41, 5.74) is 2.33. The molecular formula is C11H15N5O4S. The first kappa shape index (κ1) is 15.4. The molecular weight excluding hydrogens is 298 g/mol. The number of carbonyl (C=O) groups is 2. The van der Waals surface area contributed by atoms with Gasteiger partial charge in [0.2, 0.25) is 11.8 Å². The van der Waals surface area contributed by atoms with Gasteiger partial charge in [-0.1, -0.05) is 6.92 Å². The molecule has 1 fully saturated rings. The lowest BCUT2D eigenvalue weighted by Crippen LogP contribution is -2.59. The van der Waals surface area contributed by atoms with Crippen molar-refractivity contribution in [1.29, 1.82) is 0 Å². The number of nitrogens with one attached hydrogen (secondary N) is 2. The quantitative estimate of drug-likeness (QED) is 0.361. The first-order valence-corrected chi connectivity index (χ1v) is 7.63. The second kappa shape index (κ2) is 5.76. The highest BCUT2D eigenvalue weighted by Gasteiger charge is 2.41. The van der Waals surface area contributed by atoms with Crippen LogP contribution in [0.15, 0.2) is 23.4 Å². The topological polar surface area (TPSA) is 134 Å². The van der Waals surface area contributed by atoms with Crippen LogP contribution in [0.5, 0.6) is 0 Å². The van der Waals surface area contributed by atoms with Gasteiger partial charge in [-0.3, -0.25) is 20.7 Å². The summed E-state index contributed by atoms with van der Waals surface area (Å²) in [4.78, 5) is 27.1. The van der Waals surface area contributed by atoms with Gasteiger partial charge in [0, 0.05) is 6.20 Å². The number of nitrogens with two attached hydrogens (primary N) is 1. The van der Waals surface area contributed by atoms with Crippen molar-refractivity contribution in [3.63, 3.8) is 0 Å². The summed E-state index contributed by atoms with van der Waals surface area (Å²) in [7, 11) is -4.13. The summed E-state index contributed by atoms with van der Waals surface area (Å²) < 4.78 is 26.2. The number of sulfonamides is 1. The van der Waals surface area contributed by atoms with Crippen LogP contribution in [-0.2, 0) is 19.6 Å². The molecule has 9 nitrogen and oxygen atoms in total. The molecule has 0 aliphatic carbocycles. The third-order valence-electron chi connectivity index (χ3n) is 3.08. The molecule has 2 rings (SSSR count). The molecule has 1 aliphatic rings. The van der Waals surface area contributed by atoms with Gasteiger partial charge in [-0.2, -0.15) is 4.31 Å². The van der Waals surface area contributed by atoms with Crippen LogP contribution < -0.4 is 16.6 Å². The zero-order valence-corrected chi connectivity index (χ0v) is 12.1. The predicted octanol–water partition coefficient (Wildman–Crippen LogP) is -1.21. The first-order chi connectivity index (χ1) is 9.91. The van der Waals surface area contributed by atoms with Gasteiger partial charge < -0.3 is 5.43 Å². The third kappa shape index (κ3) is 2.73. The highest BCUT2D eigenvalue weighted by molar-refractivity contribution is 7.89. The fourth-order valence-electron chi connectivity index (χ4n) is 2.10. The van der Waals surface area contributed by atoms with Crippen molar-refractivity contribution in [2.45, 2.75) is 24.4 Å². The number of rotatable bonds is 4. The van der Waals surface area contributed by atoms with Crippen LogP contribution in [0.1, 0.15) is 13.3 Å². The normalized spacial score (nSPS) is 20.2. The van der Waals surface area contributed by atoms with Crippen LogP contribution in [0.2, 0.25) is 0 Å². The van der Waals surface area contributed by atoms with E-state index in [-0.39, 0.29) is 17.1 Å². The Kier molecular flexibility index (Phi) is 4.21. The van der Waals surface area contributed by atoms with Crippen LogP contribution >= 0.6 is 0 Å². The van der Waals surface area contributed by atoms with E-state index in [1.165, 1.54) is 18.3 Å². The fraction of sp³-hybridized carbons (Fsp3) is 0.364. The summed E-state index contributed by atoms with van der Waals surface area (Å²) in [6, 6.07) is 1.99. The van der Waals surface area contributed by atoms with Gasteiger partial charge in [0.25, 0.3) is 10.0 Å². The molecule has 1 aromatic rings. The number of carbonyl (C=O) groups excluding carboxylic acids is 2. The Hall–Kier alpha value is -2.04. The molecule has 10 heteroatoms. The zero-order valence-electron chi connectivity index (χ0n) is 11.2. The second-order valence-corrected chi connectivity index (χ2v) is 6.19. The van der Waals surface area contributed by atoms with Crippen LogP contribution in [0.25, 0.3) is 0 Å². The number of nitrogen functional groups attached to an aromatic ring is 1. The molecule has 4 N–H and O–H groups in total. The maximum atomic E-state index is 12.7. The average molecular weight is 313 g/mol. The number of anilines is 1. The molecule has 0 aromatic carbocycles. The van der Waals surface area contributed by atoms with E-state index in [1.807, 2.05) is 0 Å². The lowest BCUT2D eigenvalue weighted by molar-refractivity contribution is -0.137. The van der Waals surface area contributed by atoms with Crippen molar-refractivity contribution in [1.82, 2.24) is 14.6 Å². The maximum absolute atomic E-state index is 12.7. The standard InChI is InChI=1S/C11H15N5O4S/c1-2-8-10(18)14-9(17)6-16(8)21(19,20)11-7(15-12)4-3-5-13-11/h3-5,8,15H,2,6,12H2,1H3,(H,14,17,18). The molecule has 1 aliphatic heterocycles. The van der Waals surface area contributed by atoms with Gasteiger partial charge >= 0.3 is 0 Å². The van der Waals surface area contributed by atoms with Crippen LogP contribution in [-0.4, -0.2) is 42.1 Å². The molecule has 0 saturated carbocycles. The van der Waals surface area contributed by atoms with E-state index in [1.54, 1.807) is 6.92 Å². The summed E-state index contributed by atoms with van der Waals surface area (Å²) in [6.45, 7) is 1.22. The highest BCUT2D eigenvalue weighted by atomic mass is 32.2. The summed E-state index contributed by atoms with van der Waals surface area (Å²) in [5, 5.41) is 1.79. The number of amides is 2. The summed E-state index contributed by atoms with van der Waals surface area (Å²) in [6.07, 6.45) is 1.52. The van der Waals surface area contributed by atoms with Crippen molar-refractivity contribution in [3.8, 4) is 0 Å². The molecule has 1 saturated heterocycles. The largest absolute Gasteiger partial charge is 0.321 e. The SMILES string of the molecule is CCC1C(=O)NC(=O)CN1S(=O)(=O)c1ncccc1NN. The van der Waals surface area contributed by atoms with Crippen LogP contribution in [0.4, 0.5) is 5.69 Å². The molecule has 21 heavy (non-hydrogen) atoms. The monoisotopic (exact) mass is 313 g/mol. The van der Waals surface area contributed by atoms with E-state index < -0.39 is 34.4 Å². The Labute approximate surface area is 121 Å². The Morgan fingerprint density at radius 2 is 2.24 bits per heavy atom. The minimum Gasteiger partial charge on any atom is -0.321 e. The lowest BCUT2D eigenvalue weighted by atomic mass is 10.2. The minimum absolute atomic E-state index is 0.0887. The predicted molar refractivity (Wildman–Crippen MR) is 73.2 cm³/mol. The molecule has 2 amide bonds. The summed E-state index contributed by atoms with van der Waals surface area (Å²) >= 11 is 0. The van der Waals surface area contributed by atoms with Crippen molar-refractivity contribution in [3.05, 3.63) is 18.3 Å². The van der Waals surface area contributed by atoms with E-state index in [2.05, 4.69) is 15.7 Å². The van der Waals surface area contributed by atoms with Gasteiger partial charge in [0.15, 0.2) is 5.03 Å². The Morgan fingerprint density at radius 3 is 2.86 bits per heavy atom. The number of pyridine rings is 1. The molecule has 1 atom stereocenters. The number of piperazine rings is 1. The number of aromatic nitrogens is 1. The number of hydrogen-bond acceptors (Lipinski definition) is 7.